The van der Waals surface area contributed by atoms with E-state index in [0.29, 0.717) is 24.5 Å². The van der Waals surface area contributed by atoms with Crippen LogP contribution in [0.2, 0.25) is 0 Å². The van der Waals surface area contributed by atoms with E-state index >= 15 is 0 Å². The van der Waals surface area contributed by atoms with Crippen molar-refractivity contribution in [3.05, 3.63) is 54.1 Å². The second kappa shape index (κ2) is 10.8. The molecule has 32 heavy (non-hydrogen) atoms. The number of nitrogens with zero attached hydrogens (tertiary/aromatic N) is 3. The second-order valence-electron chi connectivity index (χ2n) is 7.99. The summed E-state index contributed by atoms with van der Waals surface area (Å²) < 4.78 is 39.4. The Morgan fingerprint density at radius 2 is 2.03 bits per heavy atom. The number of halogens is 1. The largest absolute Gasteiger partial charge is 0.323 e. The third-order valence-electron chi connectivity index (χ3n) is 5.16. The Bertz CT molecular complexity index is 1020. The van der Waals surface area contributed by atoms with Crippen molar-refractivity contribution in [3.8, 4) is 0 Å². The fraction of sp³-hybridized carbons (Fsp3) is 0.429. The van der Waals surface area contributed by atoms with E-state index in [2.05, 4.69) is 25.8 Å². The molecule has 1 aromatic heterocycles. The number of benzene rings is 1. The first-order valence-corrected chi connectivity index (χ1v) is 12.0. The summed E-state index contributed by atoms with van der Waals surface area (Å²) in [6, 6.07) is 7.39. The van der Waals surface area contributed by atoms with Crippen LogP contribution in [0.5, 0.6) is 0 Å². The molecule has 9 nitrogen and oxygen atoms in total. The zero-order valence-electron chi connectivity index (χ0n) is 18.2. The fourth-order valence-corrected chi connectivity index (χ4v) is 4.22. The highest BCUT2D eigenvalue weighted by Gasteiger charge is 2.22. The van der Waals surface area contributed by atoms with E-state index in [4.69, 9.17) is 0 Å². The summed E-state index contributed by atoms with van der Waals surface area (Å²) in [5.41, 5.74) is 1.61. The maximum atomic E-state index is 14.2. The molecule has 1 atom stereocenters. The molecule has 3 N–H and O–H groups in total. The Labute approximate surface area is 188 Å². The molecule has 1 aliphatic heterocycles. The number of sulfonamides is 1. The van der Waals surface area contributed by atoms with Gasteiger partial charge in [-0.15, -0.1) is 0 Å². The van der Waals surface area contributed by atoms with Crippen LogP contribution in [0, 0.1) is 5.82 Å². The first kappa shape index (κ1) is 24.1. The summed E-state index contributed by atoms with van der Waals surface area (Å²) in [6.45, 7) is 1.98. The van der Waals surface area contributed by atoms with Gasteiger partial charge in [0.05, 0.1) is 11.9 Å². The lowest BCUT2D eigenvalue weighted by Crippen LogP contribution is -2.47. The van der Waals surface area contributed by atoms with Crippen LogP contribution in [0.1, 0.15) is 18.4 Å². The number of aromatic nitrogens is 1. The highest BCUT2D eigenvalue weighted by molar-refractivity contribution is 7.89. The Balaban J connectivity index is 1.57. The zero-order valence-corrected chi connectivity index (χ0v) is 19.0. The Kier molecular flexibility index (Phi) is 8.13. The predicted molar refractivity (Wildman–Crippen MR) is 122 cm³/mol. The summed E-state index contributed by atoms with van der Waals surface area (Å²) in [5.74, 6) is -0.554. The minimum Gasteiger partial charge on any atom is -0.308 e. The third kappa shape index (κ3) is 7.23. The van der Waals surface area contributed by atoms with Crippen LogP contribution in [-0.4, -0.2) is 67.7 Å². The average Bonchev–Trinajstić information content (AvgIpc) is 2.72. The van der Waals surface area contributed by atoms with Gasteiger partial charge in [-0.2, -0.15) is 0 Å². The number of hydrogen-bond acceptors (Lipinski definition) is 6. The van der Waals surface area contributed by atoms with Crippen LogP contribution in [-0.2, 0) is 16.6 Å². The molecular formula is C21H29FN6O3S. The Hall–Kier alpha value is -2.60. The number of hydrogen-bond donors (Lipinski definition) is 3. The van der Waals surface area contributed by atoms with Crippen LogP contribution >= 0.6 is 0 Å². The molecule has 2 aromatic rings. The van der Waals surface area contributed by atoms with Gasteiger partial charge >= 0.3 is 6.03 Å². The van der Waals surface area contributed by atoms with Crippen molar-refractivity contribution in [2.75, 3.05) is 43.7 Å². The van der Waals surface area contributed by atoms with Gasteiger partial charge in [0.15, 0.2) is 0 Å². The first-order chi connectivity index (χ1) is 15.2. The van der Waals surface area contributed by atoms with Crippen molar-refractivity contribution in [3.63, 3.8) is 0 Å². The van der Waals surface area contributed by atoms with E-state index in [0.717, 1.165) is 24.9 Å². The van der Waals surface area contributed by atoms with Crippen molar-refractivity contribution in [2.24, 2.45) is 0 Å². The lowest BCUT2D eigenvalue weighted by atomic mass is 10.0. The van der Waals surface area contributed by atoms with Gasteiger partial charge in [-0.05, 0) is 55.3 Å². The van der Waals surface area contributed by atoms with Crippen LogP contribution in [0.25, 0.3) is 0 Å². The van der Waals surface area contributed by atoms with Crippen LogP contribution in [0.3, 0.4) is 0 Å². The number of carbonyl (C=O) groups is 1. The number of nitrogens with one attached hydrogen (secondary N) is 3. The number of anilines is 2. The fourth-order valence-electron chi connectivity index (χ4n) is 3.52. The number of likely N-dealkylation sites (tertiary alicyclic amines) is 1. The van der Waals surface area contributed by atoms with Gasteiger partial charge in [-0.1, -0.05) is 0 Å². The lowest BCUT2D eigenvalue weighted by Gasteiger charge is -2.33. The quantitative estimate of drug-likeness (QED) is 0.553. The van der Waals surface area contributed by atoms with Crippen molar-refractivity contribution in [1.82, 2.24) is 19.5 Å². The van der Waals surface area contributed by atoms with Crippen LogP contribution in [0.15, 0.2) is 42.7 Å². The number of urea groups is 1. The monoisotopic (exact) mass is 464 g/mol. The van der Waals surface area contributed by atoms with E-state index < -0.39 is 21.9 Å². The topological polar surface area (TPSA) is 107 Å². The molecule has 0 spiro atoms. The van der Waals surface area contributed by atoms with E-state index in [1.807, 2.05) is 0 Å². The third-order valence-corrected chi connectivity index (χ3v) is 6.80. The van der Waals surface area contributed by atoms with Crippen molar-refractivity contribution < 1.29 is 17.6 Å². The van der Waals surface area contributed by atoms with Gasteiger partial charge in [-0.3, -0.25) is 15.2 Å². The maximum Gasteiger partial charge on any atom is 0.323 e. The number of pyridine rings is 1. The van der Waals surface area contributed by atoms with Gasteiger partial charge in [0.1, 0.15) is 11.7 Å². The summed E-state index contributed by atoms with van der Waals surface area (Å²) in [5, 5.41) is 8.40. The molecule has 0 bridgehead atoms. The van der Waals surface area contributed by atoms with E-state index in [1.54, 1.807) is 24.4 Å². The normalized spacial score (nSPS) is 17.3. The van der Waals surface area contributed by atoms with Gasteiger partial charge in [0, 0.05) is 45.1 Å². The van der Waals surface area contributed by atoms with Gasteiger partial charge in [-0.25, -0.2) is 21.9 Å². The number of amides is 2. The molecule has 0 radical (unpaired) electrons. The summed E-state index contributed by atoms with van der Waals surface area (Å²) in [7, 11) is -0.294. The van der Waals surface area contributed by atoms with Gasteiger partial charge in [0.2, 0.25) is 10.0 Å². The van der Waals surface area contributed by atoms with Crippen LogP contribution < -0.4 is 16.0 Å². The van der Waals surface area contributed by atoms with E-state index in [1.165, 1.54) is 36.7 Å². The Morgan fingerprint density at radius 1 is 1.25 bits per heavy atom. The molecule has 2 heterocycles. The van der Waals surface area contributed by atoms with Gasteiger partial charge < -0.3 is 10.6 Å². The second-order valence-corrected chi connectivity index (χ2v) is 10.2. The summed E-state index contributed by atoms with van der Waals surface area (Å²) in [4.78, 5) is 18.3. The van der Waals surface area contributed by atoms with Crippen LogP contribution in [0.4, 0.5) is 20.6 Å². The van der Waals surface area contributed by atoms with Crippen molar-refractivity contribution in [2.45, 2.75) is 25.4 Å². The summed E-state index contributed by atoms with van der Waals surface area (Å²) >= 11 is 0. The molecule has 1 aromatic carbocycles. The maximum absolute atomic E-state index is 14.2. The molecule has 0 saturated carbocycles. The lowest BCUT2D eigenvalue weighted by molar-refractivity contribution is 0.186. The molecule has 1 fully saturated rings. The molecular weight excluding hydrogens is 435 g/mol. The average molecular weight is 465 g/mol. The smallest absolute Gasteiger partial charge is 0.308 e. The minimum absolute atomic E-state index is 0.0369. The first-order valence-electron chi connectivity index (χ1n) is 10.3. The number of rotatable bonds is 8. The van der Waals surface area contributed by atoms with Gasteiger partial charge in [0.25, 0.3) is 0 Å². The molecule has 0 unspecified atom stereocenters. The molecule has 2 amide bonds. The number of piperidine rings is 1. The van der Waals surface area contributed by atoms with E-state index in [-0.39, 0.29) is 11.9 Å². The molecule has 3 rings (SSSR count). The highest BCUT2D eigenvalue weighted by Crippen LogP contribution is 2.19. The molecule has 1 saturated heterocycles. The van der Waals surface area contributed by atoms with E-state index in [9.17, 15) is 17.6 Å². The molecule has 174 valence electrons. The predicted octanol–water partition coefficient (Wildman–Crippen LogP) is 2.27. The standard InChI is InChI=1S/C21H29FN6O3S/c1-27(2)32(30,31)15-24-19-6-4-8-28(14-19)13-16-9-17(22)11-20(10-16)26-21(29)25-18-5-3-7-23-12-18/h3,5,7,9-12,19,24H,4,6,8,13-15H2,1-2H3,(H2,25,26,29)/t19-/m1/s1. The molecule has 11 heteroatoms. The highest BCUT2D eigenvalue weighted by atomic mass is 32.2. The Morgan fingerprint density at radius 3 is 2.75 bits per heavy atom. The molecule has 1 aliphatic rings. The SMILES string of the molecule is CN(C)S(=O)(=O)CN[C@@H]1CCCN(Cc2cc(F)cc(NC(=O)Nc3cccnc3)c2)C1. The van der Waals surface area contributed by atoms with Crippen molar-refractivity contribution >= 4 is 27.4 Å². The minimum atomic E-state index is -3.32. The summed E-state index contributed by atoms with van der Waals surface area (Å²) in [6.07, 6.45) is 4.91. The zero-order chi connectivity index (χ0) is 23.1. The molecule has 0 aliphatic carbocycles. The van der Waals surface area contributed by atoms with Crippen molar-refractivity contribution in [1.29, 1.82) is 0 Å². The number of carbonyl (C=O) groups excluding carboxylic acids is 1.